The van der Waals surface area contributed by atoms with Gasteiger partial charge in [-0.3, -0.25) is 9.78 Å². The maximum atomic E-state index is 13.7. The Labute approximate surface area is 129 Å². The van der Waals surface area contributed by atoms with Crippen molar-refractivity contribution in [3.05, 3.63) is 63.4 Å². The molecule has 2 aromatic rings. The van der Waals surface area contributed by atoms with E-state index in [1.54, 1.807) is 12.3 Å². The molecule has 0 aliphatic rings. The molecule has 1 amide bonds. The van der Waals surface area contributed by atoms with Gasteiger partial charge in [0.25, 0.3) is 5.91 Å². The van der Waals surface area contributed by atoms with E-state index in [9.17, 15) is 13.6 Å². The van der Waals surface area contributed by atoms with E-state index in [0.717, 1.165) is 24.1 Å². The summed E-state index contributed by atoms with van der Waals surface area (Å²) in [6.07, 6.45) is 2.38. The molecule has 0 aliphatic carbocycles. The maximum Gasteiger partial charge on any atom is 0.257 e. The second kappa shape index (κ2) is 6.76. The highest BCUT2D eigenvalue weighted by Crippen LogP contribution is 2.19. The molecule has 110 valence electrons. The molecule has 0 unspecified atom stereocenters. The third-order valence-corrected chi connectivity index (χ3v) is 3.47. The zero-order valence-electron chi connectivity index (χ0n) is 11.3. The van der Waals surface area contributed by atoms with Gasteiger partial charge in [0, 0.05) is 10.7 Å². The van der Waals surface area contributed by atoms with Crippen LogP contribution in [0.5, 0.6) is 0 Å². The SMILES string of the molecule is CCc1cccnc1CNC(=O)c1c(F)cc(Br)cc1F. The smallest absolute Gasteiger partial charge is 0.257 e. The van der Waals surface area contributed by atoms with Gasteiger partial charge in [-0.15, -0.1) is 0 Å². The standard InChI is InChI=1S/C15H13BrF2N2O/c1-2-9-4-3-5-19-13(9)8-20-15(21)14-11(17)6-10(16)7-12(14)18/h3-7H,2,8H2,1H3,(H,20,21). The van der Waals surface area contributed by atoms with Crippen LogP contribution in [0.3, 0.4) is 0 Å². The third kappa shape index (κ3) is 3.64. The number of halogens is 3. The second-order valence-corrected chi connectivity index (χ2v) is 5.31. The van der Waals surface area contributed by atoms with Crippen LogP contribution in [0, 0.1) is 11.6 Å². The molecule has 0 saturated carbocycles. The minimum absolute atomic E-state index is 0.123. The molecule has 0 bridgehead atoms. The molecule has 0 spiro atoms. The third-order valence-electron chi connectivity index (χ3n) is 3.02. The van der Waals surface area contributed by atoms with E-state index in [4.69, 9.17) is 0 Å². The van der Waals surface area contributed by atoms with Crippen molar-refractivity contribution in [3.8, 4) is 0 Å². The molecule has 0 aliphatic heterocycles. The van der Waals surface area contributed by atoms with Gasteiger partial charge in [-0.1, -0.05) is 28.9 Å². The van der Waals surface area contributed by atoms with Gasteiger partial charge in [-0.05, 0) is 30.2 Å². The van der Waals surface area contributed by atoms with Gasteiger partial charge in [0.2, 0.25) is 0 Å². The Morgan fingerprint density at radius 3 is 2.62 bits per heavy atom. The molecule has 6 heteroatoms. The first kappa shape index (κ1) is 15.6. The van der Waals surface area contributed by atoms with Gasteiger partial charge < -0.3 is 5.32 Å². The molecule has 0 saturated heterocycles. The number of nitrogens with one attached hydrogen (secondary N) is 1. The molecule has 0 atom stereocenters. The van der Waals surface area contributed by atoms with E-state index in [-0.39, 0.29) is 11.0 Å². The lowest BCUT2D eigenvalue weighted by Gasteiger charge is -2.09. The second-order valence-electron chi connectivity index (χ2n) is 4.39. The summed E-state index contributed by atoms with van der Waals surface area (Å²) < 4.78 is 27.6. The molecular weight excluding hydrogens is 342 g/mol. The number of aryl methyl sites for hydroxylation is 1. The molecular formula is C15H13BrF2N2O. The van der Waals surface area contributed by atoms with Crippen molar-refractivity contribution in [3.63, 3.8) is 0 Å². The number of pyridine rings is 1. The zero-order chi connectivity index (χ0) is 15.4. The van der Waals surface area contributed by atoms with Crippen LogP contribution in [-0.2, 0) is 13.0 Å². The average molecular weight is 355 g/mol. The van der Waals surface area contributed by atoms with E-state index < -0.39 is 23.1 Å². The Morgan fingerprint density at radius 2 is 2.00 bits per heavy atom. The number of hydrogen-bond donors (Lipinski definition) is 1. The topological polar surface area (TPSA) is 42.0 Å². The van der Waals surface area contributed by atoms with Crippen molar-refractivity contribution in [2.24, 2.45) is 0 Å². The summed E-state index contributed by atoms with van der Waals surface area (Å²) in [6, 6.07) is 5.81. The molecule has 0 radical (unpaired) electrons. The number of benzene rings is 1. The molecule has 3 nitrogen and oxygen atoms in total. The number of carbonyl (C=O) groups excluding carboxylic acids is 1. The molecule has 0 fully saturated rings. The molecule has 1 N–H and O–H groups in total. The van der Waals surface area contributed by atoms with E-state index in [1.807, 2.05) is 13.0 Å². The molecule has 1 aromatic carbocycles. The minimum atomic E-state index is -0.906. The Kier molecular flexibility index (Phi) is 5.01. The normalized spacial score (nSPS) is 10.5. The predicted molar refractivity (Wildman–Crippen MR) is 78.8 cm³/mol. The van der Waals surface area contributed by atoms with Crippen molar-refractivity contribution < 1.29 is 13.6 Å². The lowest BCUT2D eigenvalue weighted by molar-refractivity contribution is 0.0942. The maximum absolute atomic E-state index is 13.7. The fourth-order valence-electron chi connectivity index (χ4n) is 1.96. The van der Waals surface area contributed by atoms with Crippen molar-refractivity contribution in [1.82, 2.24) is 10.3 Å². The number of carbonyl (C=O) groups is 1. The van der Waals surface area contributed by atoms with Crippen LogP contribution in [0.2, 0.25) is 0 Å². The summed E-state index contributed by atoms with van der Waals surface area (Å²) in [4.78, 5) is 16.1. The molecule has 1 aromatic heterocycles. The van der Waals surface area contributed by atoms with Gasteiger partial charge in [-0.25, -0.2) is 8.78 Å². The van der Waals surface area contributed by atoms with Gasteiger partial charge in [0.05, 0.1) is 12.2 Å². The number of rotatable bonds is 4. The van der Waals surface area contributed by atoms with Crippen LogP contribution >= 0.6 is 15.9 Å². The monoisotopic (exact) mass is 354 g/mol. The van der Waals surface area contributed by atoms with Crippen molar-refractivity contribution in [2.75, 3.05) is 0 Å². The van der Waals surface area contributed by atoms with Crippen LogP contribution in [0.25, 0.3) is 0 Å². The van der Waals surface area contributed by atoms with Gasteiger partial charge >= 0.3 is 0 Å². The van der Waals surface area contributed by atoms with Crippen molar-refractivity contribution >= 4 is 21.8 Å². The first-order valence-electron chi connectivity index (χ1n) is 6.38. The predicted octanol–water partition coefficient (Wildman–Crippen LogP) is 3.61. The molecule has 2 rings (SSSR count). The summed E-state index contributed by atoms with van der Waals surface area (Å²) in [6.45, 7) is 2.09. The first-order chi connectivity index (χ1) is 10.0. The summed E-state index contributed by atoms with van der Waals surface area (Å²) in [7, 11) is 0. The highest BCUT2D eigenvalue weighted by Gasteiger charge is 2.18. The van der Waals surface area contributed by atoms with Crippen LogP contribution in [0.1, 0.15) is 28.5 Å². The van der Waals surface area contributed by atoms with Gasteiger partial charge in [0.1, 0.15) is 17.2 Å². The zero-order valence-corrected chi connectivity index (χ0v) is 12.9. The highest BCUT2D eigenvalue weighted by atomic mass is 79.9. The van der Waals surface area contributed by atoms with E-state index in [2.05, 4.69) is 26.2 Å². The van der Waals surface area contributed by atoms with Crippen LogP contribution < -0.4 is 5.32 Å². The highest BCUT2D eigenvalue weighted by molar-refractivity contribution is 9.10. The number of aromatic nitrogens is 1. The van der Waals surface area contributed by atoms with Gasteiger partial charge in [-0.2, -0.15) is 0 Å². The summed E-state index contributed by atoms with van der Waals surface area (Å²) in [5.74, 6) is -2.61. The Hall–Kier alpha value is -1.82. The summed E-state index contributed by atoms with van der Waals surface area (Å²) >= 11 is 2.97. The summed E-state index contributed by atoms with van der Waals surface area (Å²) in [5.41, 5.74) is 1.08. The van der Waals surface area contributed by atoms with E-state index >= 15 is 0 Å². The van der Waals surface area contributed by atoms with Crippen LogP contribution in [-0.4, -0.2) is 10.9 Å². The lowest BCUT2D eigenvalue weighted by atomic mass is 10.1. The fourth-order valence-corrected chi connectivity index (χ4v) is 2.37. The number of nitrogens with zero attached hydrogens (tertiary/aromatic N) is 1. The Bertz CT molecular complexity index is 653. The number of hydrogen-bond acceptors (Lipinski definition) is 2. The molecule has 1 heterocycles. The first-order valence-corrected chi connectivity index (χ1v) is 7.17. The van der Waals surface area contributed by atoms with E-state index in [1.165, 1.54) is 0 Å². The number of amides is 1. The quantitative estimate of drug-likeness (QED) is 0.910. The van der Waals surface area contributed by atoms with Crippen LogP contribution in [0.15, 0.2) is 34.9 Å². The average Bonchev–Trinajstić information content (AvgIpc) is 2.44. The Balaban J connectivity index is 2.16. The van der Waals surface area contributed by atoms with Gasteiger partial charge in [0.15, 0.2) is 0 Å². The van der Waals surface area contributed by atoms with E-state index in [0.29, 0.717) is 5.69 Å². The fraction of sp³-hybridized carbons (Fsp3) is 0.200. The van der Waals surface area contributed by atoms with Crippen LogP contribution in [0.4, 0.5) is 8.78 Å². The largest absolute Gasteiger partial charge is 0.346 e. The molecule has 21 heavy (non-hydrogen) atoms. The minimum Gasteiger partial charge on any atom is -0.346 e. The summed E-state index contributed by atoms with van der Waals surface area (Å²) in [5, 5.41) is 2.49. The van der Waals surface area contributed by atoms with Crippen molar-refractivity contribution in [2.45, 2.75) is 19.9 Å². The lowest BCUT2D eigenvalue weighted by Crippen LogP contribution is -2.26. The Morgan fingerprint density at radius 1 is 1.33 bits per heavy atom. The van der Waals surface area contributed by atoms with Crippen molar-refractivity contribution in [1.29, 1.82) is 0 Å².